The topological polar surface area (TPSA) is 82.9 Å². The molecule has 8 heteroatoms. The van der Waals surface area contributed by atoms with Crippen molar-refractivity contribution in [3.05, 3.63) is 94.0 Å². The number of nitrogens with zero attached hydrogens (tertiary/aromatic N) is 3. The number of hydrogen-bond acceptors (Lipinski definition) is 6. The molecule has 0 fully saturated rings. The van der Waals surface area contributed by atoms with Crippen LogP contribution in [0.4, 0.5) is 0 Å². The van der Waals surface area contributed by atoms with Crippen LogP contribution in [-0.2, 0) is 4.74 Å². The van der Waals surface area contributed by atoms with Gasteiger partial charge in [0.1, 0.15) is 17.3 Å². The molecule has 0 bridgehead atoms. The lowest BCUT2D eigenvalue weighted by Crippen LogP contribution is -2.40. The zero-order valence-electron chi connectivity index (χ0n) is 22.4. The van der Waals surface area contributed by atoms with E-state index in [4.69, 9.17) is 19.2 Å². The predicted octanol–water partition coefficient (Wildman–Crippen LogP) is 4.95. The van der Waals surface area contributed by atoms with Crippen LogP contribution in [0.25, 0.3) is 16.6 Å². The molecule has 1 aromatic heterocycles. The van der Waals surface area contributed by atoms with Gasteiger partial charge in [-0.3, -0.25) is 14.2 Å². The van der Waals surface area contributed by atoms with Crippen LogP contribution < -0.4 is 15.0 Å². The fraction of sp³-hybridized carbons (Fsp3) is 0.300. The van der Waals surface area contributed by atoms with Crippen molar-refractivity contribution in [2.45, 2.75) is 26.3 Å². The summed E-state index contributed by atoms with van der Waals surface area (Å²) in [4.78, 5) is 34.6. The Bertz CT molecular complexity index is 1470. The summed E-state index contributed by atoms with van der Waals surface area (Å²) in [5.74, 6) is 1.26. The number of fused-ring (bicyclic) bond motifs is 1. The monoisotopic (exact) mass is 515 g/mol. The fourth-order valence-corrected chi connectivity index (χ4v) is 4.62. The molecule has 0 N–H and O–H groups in total. The van der Waals surface area contributed by atoms with Gasteiger partial charge in [-0.1, -0.05) is 31.2 Å². The average Bonchev–Trinajstić information content (AvgIpc) is 2.94. The van der Waals surface area contributed by atoms with Crippen molar-refractivity contribution in [1.29, 1.82) is 0 Å². The highest BCUT2D eigenvalue weighted by molar-refractivity contribution is 5.95. The molecule has 0 aliphatic rings. The van der Waals surface area contributed by atoms with Crippen molar-refractivity contribution in [3.63, 3.8) is 0 Å². The van der Waals surface area contributed by atoms with E-state index in [9.17, 15) is 9.59 Å². The molecule has 0 radical (unpaired) electrons. The zero-order chi connectivity index (χ0) is 27.2. The van der Waals surface area contributed by atoms with Crippen LogP contribution >= 0.6 is 0 Å². The highest BCUT2D eigenvalue weighted by Crippen LogP contribution is 2.30. The largest absolute Gasteiger partial charge is 0.497 e. The van der Waals surface area contributed by atoms with Crippen LogP contribution in [0.2, 0.25) is 0 Å². The first kappa shape index (κ1) is 26.9. The number of hydrogen-bond donors (Lipinski definition) is 0. The molecule has 0 aliphatic heterocycles. The van der Waals surface area contributed by atoms with Crippen LogP contribution in [0.3, 0.4) is 0 Å². The Morgan fingerprint density at radius 2 is 1.68 bits per heavy atom. The maximum Gasteiger partial charge on any atom is 0.266 e. The summed E-state index contributed by atoms with van der Waals surface area (Å²) in [6.45, 7) is 4.56. The number of aryl methyl sites for hydroxylation is 1. The Balaban J connectivity index is 1.94. The average molecular weight is 516 g/mol. The van der Waals surface area contributed by atoms with E-state index in [0.29, 0.717) is 59.0 Å². The molecule has 3 aromatic carbocycles. The van der Waals surface area contributed by atoms with Crippen LogP contribution in [0, 0.1) is 6.92 Å². The predicted molar refractivity (Wildman–Crippen MR) is 148 cm³/mol. The summed E-state index contributed by atoms with van der Waals surface area (Å²) in [7, 11) is 4.68. The minimum absolute atomic E-state index is 0.183. The summed E-state index contributed by atoms with van der Waals surface area (Å²) in [6, 6.07) is 19.6. The molecule has 1 heterocycles. The van der Waals surface area contributed by atoms with E-state index in [1.807, 2.05) is 56.3 Å². The van der Waals surface area contributed by atoms with E-state index >= 15 is 0 Å². The summed E-state index contributed by atoms with van der Waals surface area (Å²) < 4.78 is 17.8. The van der Waals surface area contributed by atoms with Crippen molar-refractivity contribution in [2.75, 3.05) is 34.5 Å². The molecule has 0 saturated heterocycles. The van der Waals surface area contributed by atoms with Crippen LogP contribution in [-0.4, -0.2) is 54.8 Å². The van der Waals surface area contributed by atoms with Gasteiger partial charge in [-0.25, -0.2) is 4.98 Å². The van der Waals surface area contributed by atoms with Crippen molar-refractivity contribution in [2.24, 2.45) is 0 Å². The number of amides is 1. The van der Waals surface area contributed by atoms with Crippen LogP contribution in [0.1, 0.15) is 41.1 Å². The van der Waals surface area contributed by atoms with Gasteiger partial charge in [0.25, 0.3) is 11.5 Å². The Hall–Kier alpha value is -4.17. The number of carbonyl (C=O) groups is 1. The maximum atomic E-state index is 14.1. The van der Waals surface area contributed by atoms with Gasteiger partial charge in [0.05, 0.1) is 43.5 Å². The fourth-order valence-electron chi connectivity index (χ4n) is 4.62. The van der Waals surface area contributed by atoms with E-state index in [1.54, 1.807) is 55.1 Å². The minimum Gasteiger partial charge on any atom is -0.497 e. The van der Waals surface area contributed by atoms with E-state index in [1.165, 1.54) is 0 Å². The van der Waals surface area contributed by atoms with Gasteiger partial charge in [-0.05, 0) is 55.3 Å². The molecular weight excluding hydrogens is 482 g/mol. The molecule has 4 aromatic rings. The number of ether oxygens (including phenoxy) is 3. The van der Waals surface area contributed by atoms with Gasteiger partial charge >= 0.3 is 0 Å². The van der Waals surface area contributed by atoms with Gasteiger partial charge in [-0.15, -0.1) is 0 Å². The lowest BCUT2D eigenvalue weighted by molar-refractivity contribution is 0.0579. The van der Waals surface area contributed by atoms with Gasteiger partial charge in [0, 0.05) is 25.3 Å². The molecule has 1 amide bonds. The molecule has 198 valence electrons. The lowest BCUT2D eigenvalue weighted by Gasteiger charge is -2.32. The molecule has 1 unspecified atom stereocenters. The molecule has 38 heavy (non-hydrogen) atoms. The van der Waals surface area contributed by atoms with Gasteiger partial charge in [-0.2, -0.15) is 0 Å². The minimum atomic E-state index is -0.521. The molecule has 0 spiro atoms. The van der Waals surface area contributed by atoms with E-state index in [-0.39, 0.29) is 11.5 Å². The van der Waals surface area contributed by atoms with E-state index < -0.39 is 6.04 Å². The Morgan fingerprint density at radius 3 is 2.32 bits per heavy atom. The molecule has 8 nitrogen and oxygen atoms in total. The summed E-state index contributed by atoms with van der Waals surface area (Å²) >= 11 is 0. The van der Waals surface area contributed by atoms with Gasteiger partial charge in [0.2, 0.25) is 0 Å². The molecular formula is C30H33N3O5. The second kappa shape index (κ2) is 11.9. The number of methoxy groups -OCH3 is 3. The number of para-hydroxylation sites is 1. The Kier molecular flexibility index (Phi) is 8.43. The third-order valence-corrected chi connectivity index (χ3v) is 6.52. The number of carbonyl (C=O) groups excluding carboxylic acids is 1. The maximum absolute atomic E-state index is 14.1. The molecule has 0 aliphatic carbocycles. The van der Waals surface area contributed by atoms with Crippen molar-refractivity contribution in [1.82, 2.24) is 14.5 Å². The molecule has 1 atom stereocenters. The number of rotatable bonds is 10. The third-order valence-electron chi connectivity index (χ3n) is 6.52. The zero-order valence-corrected chi connectivity index (χ0v) is 22.4. The standard InChI is InChI=1S/C30H33N3O5/c1-6-27(32(14-15-36-3)29(34)21-17-23(37-4)19-24(18-21)38-5)28-31-26-13-8-7-12-25(26)30(35)33(28)22-11-9-10-20(2)16-22/h7-13,16-19,27H,6,14-15H2,1-5H3. The van der Waals surface area contributed by atoms with Gasteiger partial charge in [0.15, 0.2) is 0 Å². The number of benzene rings is 3. The van der Waals surface area contributed by atoms with Crippen molar-refractivity contribution >= 4 is 16.8 Å². The van der Waals surface area contributed by atoms with Gasteiger partial charge < -0.3 is 19.1 Å². The first-order valence-corrected chi connectivity index (χ1v) is 12.5. The number of aromatic nitrogens is 2. The van der Waals surface area contributed by atoms with Crippen LogP contribution in [0.15, 0.2) is 71.5 Å². The highest BCUT2D eigenvalue weighted by atomic mass is 16.5. The van der Waals surface area contributed by atoms with Crippen LogP contribution in [0.5, 0.6) is 11.5 Å². The lowest BCUT2D eigenvalue weighted by atomic mass is 10.1. The second-order valence-electron chi connectivity index (χ2n) is 8.98. The first-order valence-electron chi connectivity index (χ1n) is 12.5. The highest BCUT2D eigenvalue weighted by Gasteiger charge is 2.30. The Labute approximate surface area is 222 Å². The normalized spacial score (nSPS) is 11.8. The summed E-state index contributed by atoms with van der Waals surface area (Å²) in [5, 5.41) is 0.514. The Morgan fingerprint density at radius 1 is 0.974 bits per heavy atom. The van der Waals surface area contributed by atoms with Crippen molar-refractivity contribution < 1.29 is 19.0 Å². The quantitative estimate of drug-likeness (QED) is 0.297. The summed E-state index contributed by atoms with van der Waals surface area (Å²) in [6.07, 6.45) is 0.521. The first-order chi connectivity index (χ1) is 18.4. The third kappa shape index (κ3) is 5.40. The second-order valence-corrected chi connectivity index (χ2v) is 8.98. The molecule has 4 rings (SSSR count). The van der Waals surface area contributed by atoms with E-state index in [0.717, 1.165) is 5.56 Å². The smallest absolute Gasteiger partial charge is 0.266 e. The van der Waals surface area contributed by atoms with E-state index in [2.05, 4.69) is 0 Å². The summed E-state index contributed by atoms with van der Waals surface area (Å²) in [5.41, 5.74) is 2.51. The molecule has 0 saturated carbocycles. The van der Waals surface area contributed by atoms with Crippen molar-refractivity contribution in [3.8, 4) is 17.2 Å². The SMILES string of the molecule is CCC(c1nc2ccccc2c(=O)n1-c1cccc(C)c1)N(CCOC)C(=O)c1cc(OC)cc(OC)c1.